The van der Waals surface area contributed by atoms with Crippen LogP contribution in [0.5, 0.6) is 5.75 Å². The first kappa shape index (κ1) is 21.4. The normalized spacial score (nSPS) is 11.4. The van der Waals surface area contributed by atoms with Crippen LogP contribution in [0.2, 0.25) is 0 Å². The summed E-state index contributed by atoms with van der Waals surface area (Å²) in [6.45, 7) is 0. The van der Waals surface area contributed by atoms with E-state index < -0.39 is 10.0 Å². The fraction of sp³-hybridized carbons (Fsp3) is 0.0417. The molecule has 0 saturated carbocycles. The highest BCUT2D eigenvalue weighted by molar-refractivity contribution is 7.92. The van der Waals surface area contributed by atoms with Gasteiger partial charge in [-0.25, -0.2) is 8.42 Å². The Morgan fingerprint density at radius 3 is 2.62 bits per heavy atom. The molecule has 2 aromatic carbocycles. The number of aromatic nitrogens is 3. The Morgan fingerprint density at radius 2 is 1.88 bits per heavy atom. The summed E-state index contributed by atoms with van der Waals surface area (Å²) in [4.78, 5) is 17.4. The molecule has 0 radical (unpaired) electrons. The van der Waals surface area contributed by atoms with E-state index in [0.717, 1.165) is 11.3 Å². The van der Waals surface area contributed by atoms with Crippen molar-refractivity contribution in [3.63, 3.8) is 0 Å². The lowest BCUT2D eigenvalue weighted by atomic mass is 10.1. The molecule has 3 aromatic heterocycles. The fourth-order valence-corrected chi connectivity index (χ4v) is 4.69. The molecule has 5 aromatic rings. The lowest BCUT2D eigenvalue weighted by Gasteiger charge is -2.16. The predicted octanol–water partition coefficient (Wildman–Crippen LogP) is 3.85. The number of methoxy groups -OCH3 is 1. The van der Waals surface area contributed by atoms with Gasteiger partial charge in [-0.05, 0) is 54.6 Å². The van der Waals surface area contributed by atoms with Crippen molar-refractivity contribution in [2.75, 3.05) is 11.8 Å². The number of hydrogen-bond donors (Lipinski definition) is 1. The number of ether oxygens (including phenoxy) is 1. The maximum atomic E-state index is 13.0. The highest BCUT2D eigenvalue weighted by atomic mass is 32.2. The Hall–Kier alpha value is -4.44. The lowest BCUT2D eigenvalue weighted by molar-refractivity contribution is 0.413. The van der Waals surface area contributed by atoms with Gasteiger partial charge in [0.1, 0.15) is 12.0 Å². The third-order valence-electron chi connectivity index (χ3n) is 5.23. The van der Waals surface area contributed by atoms with E-state index in [-0.39, 0.29) is 16.3 Å². The number of rotatable bonds is 6. The molecule has 5 rings (SSSR count). The van der Waals surface area contributed by atoms with Crippen LogP contribution in [-0.4, -0.2) is 30.2 Å². The SMILES string of the molecule is COc1ccc(-c2ccccn2)cc1-n1c(=O)ccc2cc(S(=O)(=O)Nc3ccon3)ccc21. The number of nitrogens with zero attached hydrogens (tertiary/aromatic N) is 3. The van der Waals surface area contributed by atoms with Crippen molar-refractivity contribution in [1.29, 1.82) is 0 Å². The molecule has 0 bridgehead atoms. The number of sulfonamides is 1. The van der Waals surface area contributed by atoms with E-state index in [2.05, 4.69) is 19.4 Å². The van der Waals surface area contributed by atoms with Gasteiger partial charge >= 0.3 is 0 Å². The smallest absolute Gasteiger partial charge is 0.263 e. The van der Waals surface area contributed by atoms with Gasteiger partial charge in [0, 0.05) is 29.3 Å². The summed E-state index contributed by atoms with van der Waals surface area (Å²) >= 11 is 0. The number of nitrogens with one attached hydrogen (secondary N) is 1. The molecule has 0 aliphatic carbocycles. The second kappa shape index (κ2) is 8.49. The van der Waals surface area contributed by atoms with Crippen molar-refractivity contribution in [2.24, 2.45) is 0 Å². The largest absolute Gasteiger partial charge is 0.495 e. The molecule has 0 atom stereocenters. The number of anilines is 1. The van der Waals surface area contributed by atoms with E-state index >= 15 is 0 Å². The van der Waals surface area contributed by atoms with Gasteiger partial charge in [0.2, 0.25) is 0 Å². The van der Waals surface area contributed by atoms with Gasteiger partial charge in [-0.3, -0.25) is 19.1 Å². The predicted molar refractivity (Wildman–Crippen MR) is 127 cm³/mol. The van der Waals surface area contributed by atoms with Crippen molar-refractivity contribution in [3.8, 4) is 22.7 Å². The molecule has 0 aliphatic rings. The topological polar surface area (TPSA) is 116 Å². The van der Waals surface area contributed by atoms with Crippen LogP contribution in [0, 0.1) is 0 Å². The first-order valence-corrected chi connectivity index (χ1v) is 11.6. The standard InChI is InChI=1S/C24H18N4O5S/c1-32-22-9-5-16(19-4-2-3-12-25-19)15-21(22)28-20-8-7-18(14-17(20)6-10-24(28)29)34(30,31)27-23-11-13-33-26-23/h2-15H,1H3,(H,26,27). The molecule has 9 nitrogen and oxygen atoms in total. The summed E-state index contributed by atoms with van der Waals surface area (Å²) < 4.78 is 39.6. The van der Waals surface area contributed by atoms with E-state index in [1.165, 1.54) is 42.2 Å². The van der Waals surface area contributed by atoms with Crippen LogP contribution in [0.1, 0.15) is 0 Å². The lowest BCUT2D eigenvalue weighted by Crippen LogP contribution is -2.19. The van der Waals surface area contributed by atoms with Gasteiger partial charge in [0.05, 0.1) is 28.9 Å². The Kier molecular flexibility index (Phi) is 5.34. The minimum atomic E-state index is -3.91. The van der Waals surface area contributed by atoms with Gasteiger partial charge in [-0.1, -0.05) is 11.2 Å². The highest BCUT2D eigenvalue weighted by Gasteiger charge is 2.18. The first-order valence-electron chi connectivity index (χ1n) is 10.2. The molecule has 0 fully saturated rings. The van der Waals surface area contributed by atoms with Crippen LogP contribution in [0.3, 0.4) is 0 Å². The summed E-state index contributed by atoms with van der Waals surface area (Å²) in [5.41, 5.74) is 2.28. The zero-order chi connectivity index (χ0) is 23.7. The van der Waals surface area contributed by atoms with Crippen molar-refractivity contribution in [1.82, 2.24) is 14.7 Å². The Bertz CT molecular complexity index is 1650. The average molecular weight is 474 g/mol. The monoisotopic (exact) mass is 474 g/mol. The van der Waals surface area contributed by atoms with Crippen molar-refractivity contribution >= 4 is 26.7 Å². The van der Waals surface area contributed by atoms with Gasteiger partial charge in [-0.15, -0.1) is 0 Å². The highest BCUT2D eigenvalue weighted by Crippen LogP contribution is 2.30. The molecule has 0 unspecified atom stereocenters. The average Bonchev–Trinajstić information content (AvgIpc) is 3.36. The van der Waals surface area contributed by atoms with E-state index in [4.69, 9.17) is 4.74 Å². The van der Waals surface area contributed by atoms with E-state index in [0.29, 0.717) is 22.3 Å². The van der Waals surface area contributed by atoms with Crippen LogP contribution in [0.25, 0.3) is 27.8 Å². The van der Waals surface area contributed by atoms with E-state index in [1.807, 2.05) is 30.3 Å². The quantitative estimate of drug-likeness (QED) is 0.397. The van der Waals surface area contributed by atoms with Crippen LogP contribution in [0.4, 0.5) is 5.82 Å². The molecule has 0 spiro atoms. The van der Waals surface area contributed by atoms with Crippen LogP contribution in [-0.2, 0) is 10.0 Å². The third kappa shape index (κ3) is 3.90. The van der Waals surface area contributed by atoms with Crippen LogP contribution >= 0.6 is 0 Å². The number of hydrogen-bond acceptors (Lipinski definition) is 7. The zero-order valence-corrected chi connectivity index (χ0v) is 18.7. The first-order chi connectivity index (χ1) is 16.5. The Labute approximate surface area is 194 Å². The molecule has 170 valence electrons. The number of pyridine rings is 2. The summed E-state index contributed by atoms with van der Waals surface area (Å²) in [7, 11) is -2.39. The molecule has 1 N–H and O–H groups in total. The molecule has 3 heterocycles. The molecule has 34 heavy (non-hydrogen) atoms. The minimum Gasteiger partial charge on any atom is -0.495 e. The van der Waals surface area contributed by atoms with Gasteiger partial charge in [0.15, 0.2) is 5.82 Å². The van der Waals surface area contributed by atoms with Crippen LogP contribution in [0.15, 0.2) is 99.5 Å². The van der Waals surface area contributed by atoms with Crippen molar-refractivity contribution in [3.05, 3.63) is 95.6 Å². The minimum absolute atomic E-state index is 0.0161. The second-order valence-electron chi connectivity index (χ2n) is 7.32. The van der Waals surface area contributed by atoms with Crippen LogP contribution < -0.4 is 15.0 Å². The van der Waals surface area contributed by atoms with E-state index in [9.17, 15) is 13.2 Å². The number of fused-ring (bicyclic) bond motifs is 1. The molecular weight excluding hydrogens is 456 g/mol. The van der Waals surface area contributed by atoms with Gasteiger partial charge in [0.25, 0.3) is 15.6 Å². The Balaban J connectivity index is 1.66. The zero-order valence-electron chi connectivity index (χ0n) is 17.9. The molecule has 0 aliphatic heterocycles. The van der Waals surface area contributed by atoms with Gasteiger partial charge < -0.3 is 9.26 Å². The van der Waals surface area contributed by atoms with E-state index in [1.54, 1.807) is 24.4 Å². The second-order valence-corrected chi connectivity index (χ2v) is 9.00. The number of benzene rings is 2. The molecule has 10 heteroatoms. The maximum absolute atomic E-state index is 13.0. The molecule has 0 amide bonds. The Morgan fingerprint density at radius 1 is 1.00 bits per heavy atom. The summed E-state index contributed by atoms with van der Waals surface area (Å²) in [6, 6.07) is 19.9. The van der Waals surface area contributed by atoms with Gasteiger partial charge in [-0.2, -0.15) is 0 Å². The molecular formula is C24H18N4O5S. The maximum Gasteiger partial charge on any atom is 0.263 e. The fourth-order valence-electron chi connectivity index (χ4n) is 3.66. The third-order valence-corrected chi connectivity index (χ3v) is 6.59. The summed E-state index contributed by atoms with van der Waals surface area (Å²) in [5, 5.41) is 4.13. The molecule has 0 saturated heterocycles. The van der Waals surface area contributed by atoms with Crippen molar-refractivity contribution < 1.29 is 17.7 Å². The summed E-state index contributed by atoms with van der Waals surface area (Å²) in [6.07, 6.45) is 2.96. The summed E-state index contributed by atoms with van der Waals surface area (Å²) in [5.74, 6) is 0.555. The van der Waals surface area contributed by atoms with Crippen molar-refractivity contribution in [2.45, 2.75) is 4.90 Å².